The molecule has 19 rings (SSSR count). The molecule has 17 aromatic rings. The highest BCUT2D eigenvalue weighted by molar-refractivity contribution is 6.37. The summed E-state index contributed by atoms with van der Waals surface area (Å²) in [6, 6.07) is 67.2. The number of furan rings is 2. The van der Waals surface area contributed by atoms with Crippen LogP contribution in [0.15, 0.2) is 215 Å². The van der Waals surface area contributed by atoms with Crippen LogP contribution in [0.2, 0.25) is 0 Å². The number of nitrogens with zero attached hydrogens (tertiary/aromatic N) is 4. The minimum absolute atomic E-state index is 0.0859. The molecule has 0 N–H and O–H groups in total. The number of hydrogen-bond acceptors (Lipinski definition) is 3. The predicted molar refractivity (Wildman–Crippen MR) is 298 cm³/mol. The molecule has 10 aromatic carbocycles. The maximum atomic E-state index is 6.81. The first-order valence-corrected chi connectivity index (χ1v) is 25.0. The Balaban J connectivity index is 0.966. The maximum absolute atomic E-state index is 6.81. The van der Waals surface area contributed by atoms with Gasteiger partial charge in [-0.25, -0.2) is 0 Å². The summed E-state index contributed by atoms with van der Waals surface area (Å²) in [5.74, 6) is 0.151. The highest BCUT2D eigenvalue weighted by atomic mass is 16.3. The van der Waals surface area contributed by atoms with Crippen molar-refractivity contribution in [2.45, 2.75) is 12.0 Å². The zero-order valence-corrected chi connectivity index (χ0v) is 38.4. The molecule has 8 heterocycles. The first-order valence-electron chi connectivity index (χ1n) is 25.0. The molecule has 2 atom stereocenters. The van der Waals surface area contributed by atoms with Crippen LogP contribution in [0.4, 0.5) is 11.4 Å². The summed E-state index contributed by atoms with van der Waals surface area (Å²) >= 11 is 0. The third-order valence-corrected chi connectivity index (χ3v) is 17.0. The van der Waals surface area contributed by atoms with Gasteiger partial charge in [0.2, 0.25) is 0 Å². The Labute approximate surface area is 407 Å². The fourth-order valence-electron chi connectivity index (χ4n) is 14.3. The molecule has 0 spiro atoms. The van der Waals surface area contributed by atoms with Gasteiger partial charge >= 0.3 is 0 Å². The second-order valence-corrected chi connectivity index (χ2v) is 20.2. The monoisotopic (exact) mass is 916 g/mol. The van der Waals surface area contributed by atoms with Crippen LogP contribution < -0.4 is 4.90 Å². The summed E-state index contributed by atoms with van der Waals surface area (Å²) < 4.78 is 21.2. The van der Waals surface area contributed by atoms with Crippen molar-refractivity contribution in [1.29, 1.82) is 0 Å². The summed E-state index contributed by atoms with van der Waals surface area (Å²) in [6.07, 6.45) is 9.26. The molecule has 1 aliphatic heterocycles. The third kappa shape index (κ3) is 4.10. The second kappa shape index (κ2) is 12.4. The number of benzene rings is 10. The van der Waals surface area contributed by atoms with E-state index in [-0.39, 0.29) is 12.0 Å². The lowest BCUT2D eigenvalue weighted by molar-refractivity contribution is 0.663. The molecule has 0 amide bonds. The lowest BCUT2D eigenvalue weighted by atomic mass is 9.88. The zero-order valence-electron chi connectivity index (χ0n) is 38.4. The Morgan fingerprint density at radius 1 is 0.333 bits per heavy atom. The molecular formula is C66H36N4O2. The Morgan fingerprint density at radius 2 is 0.833 bits per heavy atom. The van der Waals surface area contributed by atoms with E-state index in [2.05, 4.69) is 225 Å². The number of aromatic nitrogens is 3. The van der Waals surface area contributed by atoms with Crippen molar-refractivity contribution >= 4 is 153 Å². The van der Waals surface area contributed by atoms with Gasteiger partial charge in [0.1, 0.15) is 11.2 Å². The van der Waals surface area contributed by atoms with E-state index in [1.54, 1.807) is 0 Å². The maximum Gasteiger partial charge on any atom is 0.159 e. The summed E-state index contributed by atoms with van der Waals surface area (Å²) in [4.78, 5) is 2.58. The van der Waals surface area contributed by atoms with Gasteiger partial charge in [-0.3, -0.25) is 0 Å². The van der Waals surface area contributed by atoms with Crippen molar-refractivity contribution in [2.24, 2.45) is 0 Å². The SMILES string of the molecule is C1=CC2c3c(cc4c5cc6c(cc5n5c7ccccc7c3c45)c3cc4c(c5ccccc5n4-c4cccc5c4oc4ccccc45)c4c5ccccc5n6c34)N(c3cccc4c3oc3ccccc34)C2C=C1. The van der Waals surface area contributed by atoms with Gasteiger partial charge in [-0.2, -0.15) is 0 Å². The van der Waals surface area contributed by atoms with Gasteiger partial charge < -0.3 is 27.1 Å². The highest BCUT2D eigenvalue weighted by Crippen LogP contribution is 2.57. The summed E-state index contributed by atoms with van der Waals surface area (Å²) in [7, 11) is 0. The van der Waals surface area contributed by atoms with Crippen LogP contribution in [-0.2, 0) is 0 Å². The van der Waals surface area contributed by atoms with E-state index in [9.17, 15) is 0 Å². The molecule has 2 unspecified atom stereocenters. The summed E-state index contributed by atoms with van der Waals surface area (Å²) in [5, 5.41) is 17.2. The van der Waals surface area contributed by atoms with Crippen LogP contribution in [-0.4, -0.2) is 19.4 Å². The quantitative estimate of drug-likeness (QED) is 0.174. The number of allylic oxidation sites excluding steroid dienone is 2. The number of hydrogen-bond donors (Lipinski definition) is 0. The van der Waals surface area contributed by atoms with Crippen molar-refractivity contribution in [3.05, 3.63) is 212 Å². The van der Waals surface area contributed by atoms with Crippen LogP contribution >= 0.6 is 0 Å². The molecule has 7 aromatic heterocycles. The van der Waals surface area contributed by atoms with E-state index in [1.165, 1.54) is 104 Å². The minimum atomic E-state index is 0.0859. The van der Waals surface area contributed by atoms with Gasteiger partial charge in [-0.1, -0.05) is 140 Å². The standard InChI is InChI=1S/C66H36N4O2/c1-7-23-47-39(17-1)59-55(67(47)51-27-13-21-37-35-15-5-11-29-57(35)71-65(37)51)33-45-43-31-54-44(32-53(43)69-49-25-9-3-19-41(49)61(59)63(45)69)46-34-56-60(62-42-20-4-10-26-50(42)70(54)64(46)62)40-18-2-8-24-48(40)68(56)52-28-14-22-38-36-16-6-12-30-58(36)72-66(38)52/h1-34,39,47H. The molecule has 0 saturated heterocycles. The number of anilines is 2. The van der Waals surface area contributed by atoms with Gasteiger partial charge in [0.15, 0.2) is 11.2 Å². The largest absolute Gasteiger partial charge is 0.454 e. The molecule has 2 aliphatic rings. The normalized spacial score (nSPS) is 16.2. The highest BCUT2D eigenvalue weighted by Gasteiger charge is 2.42. The van der Waals surface area contributed by atoms with Gasteiger partial charge in [-0.15, -0.1) is 0 Å². The van der Waals surface area contributed by atoms with Gasteiger partial charge in [0.05, 0.1) is 61.6 Å². The van der Waals surface area contributed by atoms with Gasteiger partial charge in [0, 0.05) is 87.0 Å². The number of rotatable bonds is 2. The van der Waals surface area contributed by atoms with E-state index in [0.29, 0.717) is 0 Å². The number of para-hydroxylation sites is 7. The average Bonchev–Trinajstić information content (AvgIpc) is 4.32. The van der Waals surface area contributed by atoms with Crippen LogP contribution in [0.1, 0.15) is 11.5 Å². The molecular weight excluding hydrogens is 881 g/mol. The lowest BCUT2D eigenvalue weighted by Crippen LogP contribution is -2.28. The second-order valence-electron chi connectivity index (χ2n) is 20.2. The van der Waals surface area contributed by atoms with Crippen molar-refractivity contribution in [1.82, 2.24) is 13.4 Å². The van der Waals surface area contributed by atoms with E-state index in [4.69, 9.17) is 8.83 Å². The zero-order chi connectivity index (χ0) is 46.2. The number of fused-ring (bicyclic) bond motifs is 26. The molecule has 72 heavy (non-hydrogen) atoms. The van der Waals surface area contributed by atoms with E-state index in [0.717, 1.165) is 60.8 Å². The summed E-state index contributed by atoms with van der Waals surface area (Å²) in [5.41, 5.74) is 18.1. The van der Waals surface area contributed by atoms with Crippen LogP contribution in [0, 0.1) is 0 Å². The van der Waals surface area contributed by atoms with Gasteiger partial charge in [-0.05, 0) is 72.3 Å². The fourth-order valence-corrected chi connectivity index (χ4v) is 14.3. The topological polar surface area (TPSA) is 43.3 Å². The molecule has 0 radical (unpaired) electrons. The molecule has 0 fully saturated rings. The molecule has 1 aliphatic carbocycles. The van der Waals surface area contributed by atoms with E-state index >= 15 is 0 Å². The van der Waals surface area contributed by atoms with Crippen molar-refractivity contribution in [3.63, 3.8) is 0 Å². The Kier molecular flexibility index (Phi) is 6.30. The van der Waals surface area contributed by atoms with E-state index < -0.39 is 0 Å². The van der Waals surface area contributed by atoms with Crippen molar-refractivity contribution in [3.8, 4) is 5.69 Å². The molecule has 6 heteroatoms. The fraction of sp³-hybridized carbons (Fsp3) is 0.0303. The third-order valence-electron chi connectivity index (χ3n) is 17.0. The first kappa shape index (κ1) is 36.5. The Morgan fingerprint density at radius 3 is 1.51 bits per heavy atom. The smallest absolute Gasteiger partial charge is 0.159 e. The molecule has 0 saturated carbocycles. The molecule has 0 bridgehead atoms. The van der Waals surface area contributed by atoms with Crippen LogP contribution in [0.5, 0.6) is 0 Å². The predicted octanol–water partition coefficient (Wildman–Crippen LogP) is 17.6. The minimum Gasteiger partial charge on any atom is -0.454 e. The lowest BCUT2D eigenvalue weighted by Gasteiger charge is -2.28. The average molecular weight is 917 g/mol. The van der Waals surface area contributed by atoms with Gasteiger partial charge in [0.25, 0.3) is 0 Å². The van der Waals surface area contributed by atoms with Crippen LogP contribution in [0.3, 0.4) is 0 Å². The van der Waals surface area contributed by atoms with Crippen molar-refractivity contribution in [2.75, 3.05) is 4.90 Å². The molecule has 6 nitrogen and oxygen atoms in total. The van der Waals surface area contributed by atoms with E-state index in [1.807, 2.05) is 0 Å². The van der Waals surface area contributed by atoms with Crippen molar-refractivity contribution < 1.29 is 8.83 Å². The Bertz CT molecular complexity index is 5380. The molecule has 332 valence electrons. The Hall–Kier alpha value is -9.52. The summed E-state index contributed by atoms with van der Waals surface area (Å²) in [6.45, 7) is 0. The first-order chi connectivity index (χ1) is 35.8. The van der Waals surface area contributed by atoms with Crippen LogP contribution in [0.25, 0.3) is 148 Å².